The van der Waals surface area contributed by atoms with E-state index in [0.29, 0.717) is 9.76 Å². The van der Waals surface area contributed by atoms with Gasteiger partial charge in [-0.1, -0.05) is 32.9 Å². The van der Waals surface area contributed by atoms with Crippen molar-refractivity contribution in [1.29, 1.82) is 0 Å². The molecule has 0 aliphatic carbocycles. The summed E-state index contributed by atoms with van der Waals surface area (Å²) in [5, 5.41) is 3.03. The fourth-order valence-corrected chi connectivity index (χ4v) is 4.07. The summed E-state index contributed by atoms with van der Waals surface area (Å²) in [6.07, 6.45) is 4.69. The van der Waals surface area contributed by atoms with Gasteiger partial charge in [0.2, 0.25) is 9.76 Å². The van der Waals surface area contributed by atoms with E-state index in [2.05, 4.69) is 46.5 Å². The summed E-state index contributed by atoms with van der Waals surface area (Å²) in [5.74, 6) is 0.863. The lowest BCUT2D eigenvalue weighted by atomic mass is 9.90. The lowest BCUT2D eigenvalue weighted by Crippen LogP contribution is -2.46. The topological polar surface area (TPSA) is 56.8 Å². The van der Waals surface area contributed by atoms with Gasteiger partial charge in [0.15, 0.2) is 0 Å². The average molecular weight is 446 g/mol. The Hall–Kier alpha value is -1.79. The second-order valence-electron chi connectivity index (χ2n) is 10.7. The molecule has 1 heterocycles. The van der Waals surface area contributed by atoms with Crippen LogP contribution in [-0.4, -0.2) is 33.2 Å². The van der Waals surface area contributed by atoms with Crippen LogP contribution in [0.1, 0.15) is 79.4 Å². The number of carbonyl (C=O) groups is 1. The predicted octanol–water partition coefficient (Wildman–Crippen LogP) is 6.48. The molecular formula is C25H39NO4Si. The van der Waals surface area contributed by atoms with Gasteiger partial charge in [0, 0.05) is 5.56 Å². The van der Waals surface area contributed by atoms with Crippen LogP contribution < -0.4 is 10.1 Å². The maximum atomic E-state index is 12.4. The highest BCUT2D eigenvalue weighted by molar-refractivity contribution is 6.31. The Bertz CT molecular complexity index is 790. The van der Waals surface area contributed by atoms with Crippen LogP contribution in [0.15, 0.2) is 24.8 Å². The summed E-state index contributed by atoms with van der Waals surface area (Å²) >= 11 is 0. The Morgan fingerprint density at radius 2 is 1.90 bits per heavy atom. The molecule has 1 atom stereocenters. The van der Waals surface area contributed by atoms with Gasteiger partial charge in [-0.15, -0.1) is 6.58 Å². The van der Waals surface area contributed by atoms with Gasteiger partial charge in [-0.3, -0.25) is 5.32 Å². The molecule has 1 aliphatic rings. The van der Waals surface area contributed by atoms with E-state index in [9.17, 15) is 4.79 Å². The molecule has 31 heavy (non-hydrogen) atoms. The van der Waals surface area contributed by atoms with Crippen LogP contribution in [0.2, 0.25) is 5.04 Å². The number of carbonyl (C=O) groups excluding carboxylic acids is 1. The van der Waals surface area contributed by atoms with E-state index in [1.807, 2.05) is 39.0 Å². The summed E-state index contributed by atoms with van der Waals surface area (Å²) in [6.45, 7) is 20.2. The lowest BCUT2D eigenvalue weighted by Gasteiger charge is -2.40. The second-order valence-corrected chi connectivity index (χ2v) is 12.6. The predicted molar refractivity (Wildman–Crippen MR) is 128 cm³/mol. The number of rotatable bonds is 7. The highest BCUT2D eigenvalue weighted by Crippen LogP contribution is 2.40. The standard InChI is InChI=1S/C25H39NO4Si/c1-10-11-12-18-19(26-22(27)29-23(2,3)4)15-13-17-14-16-20(28-21(17)18)25(8,9)30-31-24(5,6)7/h10,13,15,20H,1,11-12,14,16H2,2-9H3,(H,26,27)/t20-/m0/s1. The van der Waals surface area contributed by atoms with Crippen LogP contribution in [0.25, 0.3) is 0 Å². The zero-order valence-corrected chi connectivity index (χ0v) is 21.5. The molecule has 0 bridgehead atoms. The Balaban J connectivity index is 2.30. The quantitative estimate of drug-likeness (QED) is 0.385. The van der Waals surface area contributed by atoms with Crippen molar-refractivity contribution < 1.29 is 18.7 Å². The van der Waals surface area contributed by atoms with Crippen LogP contribution in [0.3, 0.4) is 0 Å². The van der Waals surface area contributed by atoms with Crippen LogP contribution in [0.5, 0.6) is 5.75 Å². The molecule has 1 amide bonds. The van der Waals surface area contributed by atoms with E-state index in [1.165, 1.54) is 5.56 Å². The third kappa shape index (κ3) is 7.69. The molecule has 1 aliphatic heterocycles. The average Bonchev–Trinajstić information content (AvgIpc) is 2.63. The van der Waals surface area contributed by atoms with E-state index < -0.39 is 17.3 Å². The fraction of sp³-hybridized carbons (Fsp3) is 0.640. The minimum Gasteiger partial charge on any atom is -0.487 e. The van der Waals surface area contributed by atoms with E-state index in [4.69, 9.17) is 13.9 Å². The number of ether oxygens (including phenoxy) is 2. The van der Waals surface area contributed by atoms with Crippen molar-refractivity contribution in [2.75, 3.05) is 5.32 Å². The summed E-state index contributed by atoms with van der Waals surface area (Å²) in [7, 11) is 0.389. The molecule has 5 nitrogen and oxygen atoms in total. The van der Waals surface area contributed by atoms with E-state index in [0.717, 1.165) is 42.7 Å². The van der Waals surface area contributed by atoms with Crippen LogP contribution in [-0.2, 0) is 22.0 Å². The number of hydrogen-bond acceptors (Lipinski definition) is 4. The maximum absolute atomic E-state index is 12.4. The van der Waals surface area contributed by atoms with Crippen molar-refractivity contribution in [2.24, 2.45) is 0 Å². The number of fused-ring (bicyclic) bond motifs is 1. The number of amides is 1. The largest absolute Gasteiger partial charge is 0.487 e. The van der Waals surface area contributed by atoms with Gasteiger partial charge in [0.1, 0.15) is 17.5 Å². The third-order valence-electron chi connectivity index (χ3n) is 4.91. The molecule has 0 unspecified atom stereocenters. The first-order chi connectivity index (χ1) is 14.2. The van der Waals surface area contributed by atoms with Gasteiger partial charge in [-0.05, 0) is 77.0 Å². The van der Waals surface area contributed by atoms with Gasteiger partial charge in [0.05, 0.1) is 11.3 Å². The van der Waals surface area contributed by atoms with E-state index >= 15 is 0 Å². The molecule has 1 aromatic carbocycles. The summed E-state index contributed by atoms with van der Waals surface area (Å²) in [6, 6.07) is 3.99. The van der Waals surface area contributed by atoms with Gasteiger partial charge in [-0.2, -0.15) is 0 Å². The van der Waals surface area contributed by atoms with Crippen molar-refractivity contribution in [3.8, 4) is 5.75 Å². The van der Waals surface area contributed by atoms with E-state index in [1.54, 1.807) is 0 Å². The highest BCUT2D eigenvalue weighted by atomic mass is 28.2. The molecule has 0 aromatic heterocycles. The highest BCUT2D eigenvalue weighted by Gasteiger charge is 2.37. The minimum absolute atomic E-state index is 0.0610. The molecule has 1 N–H and O–H groups in total. The SMILES string of the molecule is C=CCCc1c(NC(=O)OC(C)(C)C)ccc2c1O[C@H](C(C)(C)O[Si]C(C)(C)C)CC2. The number of anilines is 1. The first-order valence-electron chi connectivity index (χ1n) is 11.1. The first-order valence-corrected chi connectivity index (χ1v) is 12.0. The monoisotopic (exact) mass is 445 g/mol. The zero-order chi connectivity index (χ0) is 23.4. The Kier molecular flexibility index (Phi) is 8.03. The molecule has 1 aromatic rings. The van der Waals surface area contributed by atoms with Crippen molar-refractivity contribution in [2.45, 2.75) is 103 Å². The lowest BCUT2D eigenvalue weighted by molar-refractivity contribution is -0.0244. The maximum Gasteiger partial charge on any atom is 0.412 e. The van der Waals surface area contributed by atoms with Gasteiger partial charge in [-0.25, -0.2) is 4.79 Å². The van der Waals surface area contributed by atoms with Crippen LogP contribution >= 0.6 is 0 Å². The van der Waals surface area contributed by atoms with Crippen molar-refractivity contribution in [3.63, 3.8) is 0 Å². The summed E-state index contributed by atoms with van der Waals surface area (Å²) in [5.41, 5.74) is 1.91. The zero-order valence-electron chi connectivity index (χ0n) is 20.5. The van der Waals surface area contributed by atoms with Gasteiger partial charge in [0.25, 0.3) is 0 Å². The molecule has 2 radical (unpaired) electrons. The third-order valence-corrected chi connectivity index (χ3v) is 6.15. The molecule has 0 saturated heterocycles. The Morgan fingerprint density at radius 1 is 1.23 bits per heavy atom. The van der Waals surface area contributed by atoms with Crippen LogP contribution in [0, 0.1) is 0 Å². The molecule has 0 fully saturated rings. The van der Waals surface area contributed by atoms with Gasteiger partial charge < -0.3 is 13.9 Å². The Morgan fingerprint density at radius 3 is 2.48 bits per heavy atom. The minimum atomic E-state index is -0.559. The first kappa shape index (κ1) is 25.5. The second kappa shape index (κ2) is 9.78. The number of benzene rings is 1. The molecule has 2 rings (SSSR count). The van der Waals surface area contributed by atoms with Gasteiger partial charge >= 0.3 is 6.09 Å². The number of aryl methyl sites for hydroxylation is 1. The molecule has 172 valence electrons. The number of nitrogens with one attached hydrogen (secondary N) is 1. The van der Waals surface area contributed by atoms with Crippen LogP contribution in [0.4, 0.5) is 10.5 Å². The Labute approximate surface area is 190 Å². The van der Waals surface area contributed by atoms with Crippen molar-refractivity contribution >= 4 is 21.5 Å². The normalized spacial score (nSPS) is 16.8. The molecule has 6 heteroatoms. The smallest absolute Gasteiger partial charge is 0.412 e. The summed E-state index contributed by atoms with van der Waals surface area (Å²) < 4.78 is 18.3. The van der Waals surface area contributed by atoms with E-state index in [-0.39, 0.29) is 11.1 Å². The molecule has 0 saturated carbocycles. The fourth-order valence-electron chi connectivity index (χ4n) is 3.37. The summed E-state index contributed by atoms with van der Waals surface area (Å²) in [4.78, 5) is 12.4. The molecule has 0 spiro atoms. The molecular weight excluding hydrogens is 406 g/mol. The van der Waals surface area contributed by atoms with Crippen molar-refractivity contribution in [3.05, 3.63) is 35.9 Å². The number of allylic oxidation sites excluding steroid dienone is 1. The number of hydrogen-bond donors (Lipinski definition) is 1. The van der Waals surface area contributed by atoms with Crippen molar-refractivity contribution in [1.82, 2.24) is 0 Å².